The van der Waals surface area contributed by atoms with Crippen molar-refractivity contribution in [3.05, 3.63) is 76.4 Å². The highest BCUT2D eigenvalue weighted by Gasteiger charge is 2.26. The molecule has 0 aliphatic heterocycles. The molecule has 1 atom stereocenters. The Morgan fingerprint density at radius 1 is 1.00 bits per heavy atom. The third kappa shape index (κ3) is 2.23. The number of fused-ring (bicyclic) bond motifs is 1. The molecule has 2 N–H and O–H groups in total. The van der Waals surface area contributed by atoms with Crippen molar-refractivity contribution in [1.29, 1.82) is 0 Å². The fourth-order valence-electron chi connectivity index (χ4n) is 2.47. The Balaban J connectivity index is 2.20. The smallest absolute Gasteiger partial charge is 0.0755 e. The summed E-state index contributed by atoms with van der Waals surface area (Å²) in [4.78, 5) is 4.50. The van der Waals surface area contributed by atoms with E-state index in [9.17, 15) is 0 Å². The SMILES string of the molecule is CC(N)(c1ccc(Br)cc1)c1cccc2cccnc12. The molecule has 1 unspecified atom stereocenters. The fourth-order valence-corrected chi connectivity index (χ4v) is 2.74. The number of aromatic nitrogens is 1. The molecule has 0 saturated carbocycles. The van der Waals surface area contributed by atoms with Gasteiger partial charge in [0.05, 0.1) is 11.1 Å². The minimum Gasteiger partial charge on any atom is -0.318 e. The lowest BCUT2D eigenvalue weighted by Crippen LogP contribution is -2.34. The van der Waals surface area contributed by atoms with Gasteiger partial charge in [0.1, 0.15) is 0 Å². The molecule has 0 aliphatic carbocycles. The number of pyridine rings is 1. The average molecular weight is 327 g/mol. The monoisotopic (exact) mass is 326 g/mol. The van der Waals surface area contributed by atoms with E-state index in [1.165, 1.54) is 0 Å². The van der Waals surface area contributed by atoms with Crippen LogP contribution in [0.1, 0.15) is 18.1 Å². The lowest BCUT2D eigenvalue weighted by atomic mass is 9.84. The van der Waals surface area contributed by atoms with Crippen LogP contribution in [0.5, 0.6) is 0 Å². The Morgan fingerprint density at radius 2 is 1.70 bits per heavy atom. The highest BCUT2D eigenvalue weighted by Crippen LogP contribution is 2.31. The third-order valence-electron chi connectivity index (χ3n) is 3.64. The van der Waals surface area contributed by atoms with Crippen molar-refractivity contribution in [2.24, 2.45) is 5.73 Å². The molecule has 0 aliphatic rings. The lowest BCUT2D eigenvalue weighted by Gasteiger charge is -2.27. The molecule has 100 valence electrons. The van der Waals surface area contributed by atoms with Crippen LogP contribution < -0.4 is 5.73 Å². The van der Waals surface area contributed by atoms with Gasteiger partial charge < -0.3 is 5.73 Å². The summed E-state index contributed by atoms with van der Waals surface area (Å²) >= 11 is 3.46. The van der Waals surface area contributed by atoms with Crippen molar-refractivity contribution in [1.82, 2.24) is 4.98 Å². The van der Waals surface area contributed by atoms with Crippen LogP contribution in [0.3, 0.4) is 0 Å². The number of nitrogens with two attached hydrogens (primary N) is 1. The largest absolute Gasteiger partial charge is 0.318 e. The van der Waals surface area contributed by atoms with Crippen molar-refractivity contribution in [2.75, 3.05) is 0 Å². The maximum atomic E-state index is 6.62. The van der Waals surface area contributed by atoms with Gasteiger partial charge in [-0.15, -0.1) is 0 Å². The van der Waals surface area contributed by atoms with Gasteiger partial charge in [-0.25, -0.2) is 0 Å². The molecule has 2 nitrogen and oxygen atoms in total. The summed E-state index contributed by atoms with van der Waals surface area (Å²) in [6.45, 7) is 2.03. The summed E-state index contributed by atoms with van der Waals surface area (Å²) in [6, 6.07) is 18.3. The Morgan fingerprint density at radius 3 is 2.45 bits per heavy atom. The zero-order valence-corrected chi connectivity index (χ0v) is 12.8. The number of hydrogen-bond acceptors (Lipinski definition) is 2. The first-order valence-electron chi connectivity index (χ1n) is 6.48. The van der Waals surface area contributed by atoms with Crippen molar-refractivity contribution < 1.29 is 0 Å². The molecule has 0 bridgehead atoms. The second-order valence-electron chi connectivity index (χ2n) is 5.09. The molecule has 0 radical (unpaired) electrons. The van der Waals surface area contributed by atoms with Gasteiger partial charge in [-0.3, -0.25) is 4.98 Å². The molecule has 2 aromatic carbocycles. The summed E-state index contributed by atoms with van der Waals surface area (Å²) in [7, 11) is 0. The highest BCUT2D eigenvalue weighted by atomic mass is 79.9. The molecular formula is C17H15BrN2. The normalized spacial score (nSPS) is 14.2. The molecule has 1 heterocycles. The van der Waals surface area contributed by atoms with Gasteiger partial charge in [-0.2, -0.15) is 0 Å². The average Bonchev–Trinajstić information content (AvgIpc) is 2.47. The van der Waals surface area contributed by atoms with Crippen molar-refractivity contribution in [3.8, 4) is 0 Å². The van der Waals surface area contributed by atoms with Gasteiger partial charge in [0.2, 0.25) is 0 Å². The standard InChI is InChI=1S/C17H15BrN2/c1-17(19,13-7-9-14(18)10-8-13)15-6-2-4-12-5-3-11-20-16(12)15/h2-11H,19H2,1H3. The topological polar surface area (TPSA) is 38.9 Å². The van der Waals surface area contributed by atoms with E-state index < -0.39 is 5.54 Å². The molecule has 0 fully saturated rings. The Kier molecular flexibility index (Phi) is 3.32. The number of halogens is 1. The zero-order chi connectivity index (χ0) is 14.2. The van der Waals surface area contributed by atoms with E-state index >= 15 is 0 Å². The van der Waals surface area contributed by atoms with E-state index in [4.69, 9.17) is 5.73 Å². The molecule has 3 heteroatoms. The Hall–Kier alpha value is -1.71. The summed E-state index contributed by atoms with van der Waals surface area (Å²) in [6.07, 6.45) is 1.81. The molecule has 1 aromatic heterocycles. The maximum Gasteiger partial charge on any atom is 0.0755 e. The van der Waals surface area contributed by atoms with Crippen LogP contribution in [-0.2, 0) is 5.54 Å². The van der Waals surface area contributed by atoms with Crippen LogP contribution in [0.25, 0.3) is 10.9 Å². The first kappa shape index (κ1) is 13.3. The van der Waals surface area contributed by atoms with E-state index in [1.807, 2.05) is 49.5 Å². The molecular weight excluding hydrogens is 312 g/mol. The first-order chi connectivity index (χ1) is 9.59. The van der Waals surface area contributed by atoms with Crippen LogP contribution in [0.15, 0.2) is 65.3 Å². The zero-order valence-electron chi connectivity index (χ0n) is 11.2. The van der Waals surface area contributed by atoms with E-state index in [1.54, 1.807) is 0 Å². The van der Waals surface area contributed by atoms with Crippen LogP contribution in [0.2, 0.25) is 0 Å². The van der Waals surface area contributed by atoms with Crippen LogP contribution >= 0.6 is 15.9 Å². The fraction of sp³-hybridized carbons (Fsp3) is 0.118. The Labute approximate surface area is 126 Å². The van der Waals surface area contributed by atoms with Gasteiger partial charge in [0.15, 0.2) is 0 Å². The van der Waals surface area contributed by atoms with Crippen LogP contribution in [0, 0.1) is 0 Å². The van der Waals surface area contributed by atoms with E-state index in [-0.39, 0.29) is 0 Å². The van der Waals surface area contributed by atoms with Gasteiger partial charge in [-0.05, 0) is 30.7 Å². The maximum absolute atomic E-state index is 6.62. The van der Waals surface area contributed by atoms with Gasteiger partial charge >= 0.3 is 0 Å². The summed E-state index contributed by atoms with van der Waals surface area (Å²) < 4.78 is 1.05. The van der Waals surface area contributed by atoms with Gasteiger partial charge in [-0.1, -0.05) is 52.3 Å². The Bertz CT molecular complexity index is 743. The third-order valence-corrected chi connectivity index (χ3v) is 4.16. The molecule has 0 spiro atoms. The molecule has 3 rings (SSSR count). The second-order valence-corrected chi connectivity index (χ2v) is 6.01. The van der Waals surface area contributed by atoms with Gasteiger partial charge in [0.25, 0.3) is 0 Å². The molecule has 3 aromatic rings. The summed E-state index contributed by atoms with van der Waals surface area (Å²) in [5, 5.41) is 1.11. The number of benzene rings is 2. The molecule has 0 saturated heterocycles. The predicted molar refractivity (Wildman–Crippen MR) is 86.5 cm³/mol. The van der Waals surface area contributed by atoms with E-state index in [0.717, 1.165) is 26.5 Å². The van der Waals surface area contributed by atoms with Crippen LogP contribution in [0.4, 0.5) is 0 Å². The van der Waals surface area contributed by atoms with Crippen molar-refractivity contribution in [3.63, 3.8) is 0 Å². The quantitative estimate of drug-likeness (QED) is 0.765. The number of nitrogens with zero attached hydrogens (tertiary/aromatic N) is 1. The van der Waals surface area contributed by atoms with Gasteiger partial charge in [0, 0.05) is 21.6 Å². The lowest BCUT2D eigenvalue weighted by molar-refractivity contribution is 0.607. The highest BCUT2D eigenvalue weighted by molar-refractivity contribution is 9.10. The number of para-hydroxylation sites is 1. The van der Waals surface area contributed by atoms with E-state index in [0.29, 0.717) is 0 Å². The number of rotatable bonds is 2. The van der Waals surface area contributed by atoms with Crippen LogP contribution in [-0.4, -0.2) is 4.98 Å². The predicted octanol–water partition coefficient (Wildman–Crippen LogP) is 4.22. The van der Waals surface area contributed by atoms with E-state index in [2.05, 4.69) is 39.1 Å². The first-order valence-corrected chi connectivity index (χ1v) is 7.27. The van der Waals surface area contributed by atoms with Crippen molar-refractivity contribution >= 4 is 26.8 Å². The summed E-state index contributed by atoms with van der Waals surface area (Å²) in [5.41, 5.74) is 9.11. The molecule has 20 heavy (non-hydrogen) atoms. The second kappa shape index (κ2) is 5.00. The molecule has 0 amide bonds. The minimum atomic E-state index is -0.575. The van der Waals surface area contributed by atoms with Crippen molar-refractivity contribution in [2.45, 2.75) is 12.5 Å². The number of hydrogen-bond donors (Lipinski definition) is 1. The summed E-state index contributed by atoms with van der Waals surface area (Å²) in [5.74, 6) is 0. The minimum absolute atomic E-state index is 0.575.